The number of aromatic nitrogens is 2. The summed E-state index contributed by atoms with van der Waals surface area (Å²) >= 11 is 1.24. The summed E-state index contributed by atoms with van der Waals surface area (Å²) in [6.07, 6.45) is -0.684. The Hall–Kier alpha value is -3.32. The molecule has 10 heteroatoms. The van der Waals surface area contributed by atoms with Crippen LogP contribution in [0.4, 0.5) is 0 Å². The molecule has 1 atom stereocenters. The van der Waals surface area contributed by atoms with E-state index in [2.05, 4.69) is 16.0 Å². The maximum absolute atomic E-state index is 12.9. The third kappa shape index (κ3) is 4.62. The molecule has 1 aromatic heterocycles. The molecule has 1 unspecified atom stereocenters. The predicted molar refractivity (Wildman–Crippen MR) is 116 cm³/mol. The Bertz CT molecular complexity index is 1080. The van der Waals surface area contributed by atoms with Gasteiger partial charge in [0.15, 0.2) is 11.5 Å². The van der Waals surface area contributed by atoms with Gasteiger partial charge in [-0.1, -0.05) is 23.9 Å². The highest BCUT2D eigenvalue weighted by atomic mass is 32.2. The van der Waals surface area contributed by atoms with Crippen molar-refractivity contribution in [3.8, 4) is 17.6 Å². The number of aryl methyl sites for hydroxylation is 2. The molecule has 1 fully saturated rings. The number of rotatable bonds is 4. The minimum atomic E-state index is -0.684. The largest absolute Gasteiger partial charge is 0.485 e. The minimum absolute atomic E-state index is 0.0499. The molecule has 0 spiro atoms. The smallest absolute Gasteiger partial charge is 0.267 e. The number of hydrogen-bond acceptors (Lipinski definition) is 8. The maximum Gasteiger partial charge on any atom is 0.267 e. The molecule has 2 aliphatic heterocycles. The fourth-order valence-corrected chi connectivity index (χ4v) is 4.63. The van der Waals surface area contributed by atoms with Crippen molar-refractivity contribution in [1.82, 2.24) is 19.8 Å². The Labute approximate surface area is 190 Å². The van der Waals surface area contributed by atoms with E-state index in [-0.39, 0.29) is 24.2 Å². The highest BCUT2D eigenvalue weighted by Crippen LogP contribution is 2.31. The number of nitriles is 1. The van der Waals surface area contributed by atoms with Crippen molar-refractivity contribution < 1.29 is 19.1 Å². The van der Waals surface area contributed by atoms with Crippen LogP contribution in [0.15, 0.2) is 29.3 Å². The van der Waals surface area contributed by atoms with Crippen LogP contribution in [0.1, 0.15) is 17.1 Å². The van der Waals surface area contributed by atoms with E-state index in [0.29, 0.717) is 59.8 Å². The van der Waals surface area contributed by atoms with Gasteiger partial charge < -0.3 is 19.3 Å². The summed E-state index contributed by atoms with van der Waals surface area (Å²) < 4.78 is 11.5. The minimum Gasteiger partial charge on any atom is -0.485 e. The quantitative estimate of drug-likeness (QED) is 0.507. The molecule has 4 rings (SSSR count). The lowest BCUT2D eigenvalue weighted by atomic mass is 10.2. The summed E-state index contributed by atoms with van der Waals surface area (Å²) in [7, 11) is 0. The molecule has 2 aromatic rings. The Kier molecular flexibility index (Phi) is 6.46. The van der Waals surface area contributed by atoms with Gasteiger partial charge in [-0.05, 0) is 26.0 Å². The maximum atomic E-state index is 12.9. The Balaban J connectivity index is 1.29. The van der Waals surface area contributed by atoms with Crippen LogP contribution in [0.3, 0.4) is 0 Å². The van der Waals surface area contributed by atoms with Crippen molar-refractivity contribution in [1.29, 1.82) is 5.26 Å². The van der Waals surface area contributed by atoms with Crippen molar-refractivity contribution in [2.75, 3.05) is 38.5 Å². The number of carbonyl (C=O) groups is 2. The SMILES string of the molecule is Cc1nc(C)c(C#N)c(SCC(=O)N2CCN(C(=O)C3COc4ccccc4O3)CC2)n1. The van der Waals surface area contributed by atoms with Gasteiger partial charge in [0, 0.05) is 26.2 Å². The van der Waals surface area contributed by atoms with Gasteiger partial charge in [0.05, 0.1) is 11.4 Å². The molecule has 166 valence electrons. The molecule has 9 nitrogen and oxygen atoms in total. The molecule has 2 amide bonds. The van der Waals surface area contributed by atoms with Crippen LogP contribution in [0, 0.1) is 25.2 Å². The van der Waals surface area contributed by atoms with Gasteiger partial charge in [-0.15, -0.1) is 0 Å². The number of nitrogens with zero attached hydrogens (tertiary/aromatic N) is 5. The zero-order chi connectivity index (χ0) is 22.7. The fraction of sp³-hybridized carbons (Fsp3) is 0.409. The van der Waals surface area contributed by atoms with E-state index in [1.165, 1.54) is 11.8 Å². The first kappa shape index (κ1) is 21.9. The lowest BCUT2D eigenvalue weighted by Gasteiger charge is -2.37. The number of fused-ring (bicyclic) bond motifs is 1. The van der Waals surface area contributed by atoms with E-state index in [1.54, 1.807) is 29.7 Å². The van der Waals surface area contributed by atoms with Crippen LogP contribution < -0.4 is 9.47 Å². The number of hydrogen-bond donors (Lipinski definition) is 0. The molecular weight excluding hydrogens is 430 g/mol. The van der Waals surface area contributed by atoms with Crippen molar-refractivity contribution in [3.63, 3.8) is 0 Å². The second-order valence-corrected chi connectivity index (χ2v) is 8.47. The molecule has 0 radical (unpaired) electrons. The van der Waals surface area contributed by atoms with E-state index in [4.69, 9.17) is 9.47 Å². The summed E-state index contributed by atoms with van der Waals surface area (Å²) in [6.45, 7) is 5.46. The normalized spacial score (nSPS) is 17.6. The summed E-state index contributed by atoms with van der Waals surface area (Å²) in [5.41, 5.74) is 1.01. The molecule has 32 heavy (non-hydrogen) atoms. The lowest BCUT2D eigenvalue weighted by molar-refractivity contribution is -0.145. The zero-order valence-corrected chi connectivity index (χ0v) is 18.7. The van der Waals surface area contributed by atoms with Crippen LogP contribution >= 0.6 is 11.8 Å². The molecule has 0 bridgehead atoms. The lowest BCUT2D eigenvalue weighted by Crippen LogP contribution is -2.55. The van der Waals surface area contributed by atoms with Crippen LogP contribution in [0.2, 0.25) is 0 Å². The Morgan fingerprint density at radius 2 is 1.81 bits per heavy atom. The summed E-state index contributed by atoms with van der Waals surface area (Å²) in [5.74, 6) is 1.76. The first-order chi connectivity index (χ1) is 15.5. The number of piperazine rings is 1. The van der Waals surface area contributed by atoms with Crippen LogP contribution in [0.5, 0.6) is 11.5 Å². The highest BCUT2D eigenvalue weighted by Gasteiger charge is 2.33. The first-order valence-corrected chi connectivity index (χ1v) is 11.3. The highest BCUT2D eigenvalue weighted by molar-refractivity contribution is 8.00. The van der Waals surface area contributed by atoms with Crippen LogP contribution in [-0.2, 0) is 9.59 Å². The van der Waals surface area contributed by atoms with E-state index >= 15 is 0 Å². The van der Waals surface area contributed by atoms with Gasteiger partial charge in [-0.3, -0.25) is 9.59 Å². The molecule has 0 aliphatic carbocycles. The number of benzene rings is 1. The van der Waals surface area contributed by atoms with Crippen molar-refractivity contribution in [3.05, 3.63) is 41.3 Å². The van der Waals surface area contributed by atoms with Gasteiger partial charge in [-0.25, -0.2) is 9.97 Å². The van der Waals surface area contributed by atoms with Gasteiger partial charge >= 0.3 is 0 Å². The fourth-order valence-electron chi connectivity index (χ4n) is 3.66. The molecular formula is C22H23N5O4S. The van der Waals surface area contributed by atoms with Gasteiger partial charge in [-0.2, -0.15) is 5.26 Å². The van der Waals surface area contributed by atoms with Crippen molar-refractivity contribution in [2.45, 2.75) is 25.0 Å². The van der Waals surface area contributed by atoms with E-state index in [1.807, 2.05) is 18.2 Å². The number of thioether (sulfide) groups is 1. The van der Waals surface area contributed by atoms with Crippen molar-refractivity contribution >= 4 is 23.6 Å². The Morgan fingerprint density at radius 1 is 1.12 bits per heavy atom. The second kappa shape index (κ2) is 9.44. The van der Waals surface area contributed by atoms with Crippen molar-refractivity contribution in [2.24, 2.45) is 0 Å². The van der Waals surface area contributed by atoms with Gasteiger partial charge in [0.2, 0.25) is 12.0 Å². The van der Waals surface area contributed by atoms with E-state index in [9.17, 15) is 14.9 Å². The van der Waals surface area contributed by atoms with E-state index < -0.39 is 6.10 Å². The third-order valence-electron chi connectivity index (χ3n) is 5.34. The monoisotopic (exact) mass is 453 g/mol. The van der Waals surface area contributed by atoms with Gasteiger partial charge in [0.1, 0.15) is 29.1 Å². The standard InChI is InChI=1S/C22H23N5O4S/c1-14-16(11-23)21(25-15(2)24-14)32-13-20(28)26-7-9-27(10-8-26)22(29)19-12-30-17-5-3-4-6-18(17)31-19/h3-6,19H,7-10,12-13H2,1-2H3. The zero-order valence-electron chi connectivity index (χ0n) is 17.9. The average Bonchev–Trinajstić information content (AvgIpc) is 2.81. The Morgan fingerprint density at radius 3 is 2.53 bits per heavy atom. The molecule has 0 saturated carbocycles. The molecule has 3 heterocycles. The molecule has 1 saturated heterocycles. The summed E-state index contributed by atoms with van der Waals surface area (Å²) in [5, 5.41) is 9.87. The topological polar surface area (TPSA) is 109 Å². The predicted octanol–water partition coefficient (Wildman–Crippen LogP) is 1.57. The van der Waals surface area contributed by atoms with Crippen LogP contribution in [0.25, 0.3) is 0 Å². The van der Waals surface area contributed by atoms with Gasteiger partial charge in [0.25, 0.3) is 5.91 Å². The van der Waals surface area contributed by atoms with Crippen LogP contribution in [-0.4, -0.2) is 76.2 Å². The molecule has 2 aliphatic rings. The van der Waals surface area contributed by atoms with E-state index in [0.717, 1.165) is 0 Å². The molecule has 1 aromatic carbocycles. The number of para-hydroxylation sites is 2. The third-order valence-corrected chi connectivity index (χ3v) is 6.30. The first-order valence-electron chi connectivity index (χ1n) is 10.3. The summed E-state index contributed by atoms with van der Waals surface area (Å²) in [4.78, 5) is 37.5. The second-order valence-electron chi connectivity index (χ2n) is 7.51. The molecule has 0 N–H and O–H groups in total. The average molecular weight is 454 g/mol. The number of ether oxygens (including phenoxy) is 2. The number of amides is 2. The summed E-state index contributed by atoms with van der Waals surface area (Å²) in [6, 6.07) is 9.39. The number of carbonyl (C=O) groups excluding carboxylic acids is 2.